The molecule has 0 aliphatic rings. The molecule has 0 spiro atoms. The Morgan fingerprint density at radius 3 is 2.83 bits per heavy atom. The van der Waals surface area contributed by atoms with Crippen LogP contribution >= 0.6 is 0 Å². The molecule has 0 amide bonds. The van der Waals surface area contributed by atoms with Gasteiger partial charge in [-0.05, 0) is 10.8 Å². The Bertz CT molecular complexity index is 280. The van der Waals surface area contributed by atoms with Gasteiger partial charge < -0.3 is 10.1 Å². The Kier molecular flexibility index (Phi) is 2.42. The summed E-state index contributed by atoms with van der Waals surface area (Å²) in [5.74, 6) is 1.06. The molecule has 0 saturated heterocycles. The molecule has 0 aromatic carbocycles. The molecule has 1 heterocycles. The predicted molar refractivity (Wildman–Crippen MR) is 43.5 cm³/mol. The fraction of sp³-hybridized carbons (Fsp3) is 0.429. The maximum Gasteiger partial charge on any atom is 0.389 e. The fourth-order valence-corrected chi connectivity index (χ4v) is 0.860. The maximum absolute atomic E-state index is 10.2. The summed E-state index contributed by atoms with van der Waals surface area (Å²) in [5.41, 5.74) is 0. The van der Waals surface area contributed by atoms with Crippen LogP contribution < -0.4 is 0 Å². The van der Waals surface area contributed by atoms with Crippen molar-refractivity contribution in [2.24, 2.45) is 0 Å². The lowest BCUT2D eigenvalue weighted by Crippen LogP contribution is -2.03. The average Bonchev–Trinajstić information content (AvgIpc) is 2.34. The molecule has 65 valence electrons. The Balaban J connectivity index is 2.71. The Labute approximate surface area is 70.2 Å². The van der Waals surface area contributed by atoms with Crippen LogP contribution in [0.15, 0.2) is 12.3 Å². The molecule has 1 rings (SSSR count). The molecular weight excluding hydrogens is 158 g/mol. The van der Waals surface area contributed by atoms with Crippen molar-refractivity contribution in [3.05, 3.63) is 28.3 Å². The molecule has 5 nitrogen and oxygen atoms in total. The minimum absolute atomic E-state index is 0.101. The van der Waals surface area contributed by atoms with E-state index in [-0.39, 0.29) is 5.82 Å². The topological polar surface area (TPSA) is 61.0 Å². The molecule has 1 aromatic rings. The van der Waals surface area contributed by atoms with Gasteiger partial charge in [0.1, 0.15) is 0 Å². The number of nitro groups is 1. The molecule has 5 heteroatoms. The van der Waals surface area contributed by atoms with Gasteiger partial charge in [-0.1, -0.05) is 13.8 Å². The Morgan fingerprint density at radius 2 is 2.42 bits per heavy atom. The third-order valence-electron chi connectivity index (χ3n) is 1.29. The van der Waals surface area contributed by atoms with Gasteiger partial charge in [-0.2, -0.15) is 4.68 Å². The van der Waals surface area contributed by atoms with Crippen LogP contribution in [0.1, 0.15) is 13.8 Å². The molecule has 0 bridgehead atoms. The van der Waals surface area contributed by atoms with Crippen LogP contribution in [0.2, 0.25) is 0 Å². The highest BCUT2D eigenvalue weighted by Gasteiger charge is 2.10. The number of aromatic nitrogens is 2. The van der Waals surface area contributed by atoms with Crippen LogP contribution in [0.4, 0.5) is 5.82 Å². The van der Waals surface area contributed by atoms with Gasteiger partial charge in [0, 0.05) is 0 Å². The van der Waals surface area contributed by atoms with Gasteiger partial charge in [-0.25, -0.2) is 0 Å². The molecule has 0 unspecified atom stereocenters. The summed E-state index contributed by atoms with van der Waals surface area (Å²) >= 11 is 0. The largest absolute Gasteiger partial charge is 0.389 e. The summed E-state index contributed by atoms with van der Waals surface area (Å²) in [7, 11) is 0. The normalized spacial score (nSPS) is 10.6. The SMILES string of the molecule is C[C](C)Cn1ccc([N+](=O)[O-])n1. The first-order valence-corrected chi connectivity index (χ1v) is 3.56. The van der Waals surface area contributed by atoms with Crippen molar-refractivity contribution in [3.63, 3.8) is 0 Å². The third kappa shape index (κ3) is 2.05. The molecule has 12 heavy (non-hydrogen) atoms. The van der Waals surface area contributed by atoms with Crippen molar-refractivity contribution >= 4 is 5.82 Å². The Hall–Kier alpha value is -1.39. The summed E-state index contributed by atoms with van der Waals surface area (Å²) in [6, 6.07) is 1.39. The van der Waals surface area contributed by atoms with E-state index >= 15 is 0 Å². The lowest BCUT2D eigenvalue weighted by molar-refractivity contribution is -0.389. The summed E-state index contributed by atoms with van der Waals surface area (Å²) in [6.45, 7) is 4.54. The maximum atomic E-state index is 10.2. The molecule has 0 N–H and O–H groups in total. The first kappa shape index (κ1) is 8.70. The molecule has 0 atom stereocenters. The fourth-order valence-electron chi connectivity index (χ4n) is 0.860. The zero-order chi connectivity index (χ0) is 9.14. The van der Waals surface area contributed by atoms with Gasteiger partial charge >= 0.3 is 5.82 Å². The number of hydrogen-bond acceptors (Lipinski definition) is 3. The van der Waals surface area contributed by atoms with Gasteiger partial charge in [-0.15, -0.1) is 0 Å². The van der Waals surface area contributed by atoms with Crippen LogP contribution in [0, 0.1) is 16.0 Å². The lowest BCUT2D eigenvalue weighted by atomic mass is 10.2. The van der Waals surface area contributed by atoms with Crippen molar-refractivity contribution < 1.29 is 4.92 Å². The number of rotatable bonds is 3. The summed E-state index contributed by atoms with van der Waals surface area (Å²) in [4.78, 5) is 9.72. The first-order chi connectivity index (χ1) is 5.59. The van der Waals surface area contributed by atoms with E-state index in [0.29, 0.717) is 6.54 Å². The van der Waals surface area contributed by atoms with Crippen LogP contribution in [0.3, 0.4) is 0 Å². The van der Waals surface area contributed by atoms with Gasteiger partial charge in [-0.3, -0.25) is 0 Å². The van der Waals surface area contributed by atoms with Crippen molar-refractivity contribution in [3.8, 4) is 0 Å². The van der Waals surface area contributed by atoms with Gasteiger partial charge in [0.15, 0.2) is 0 Å². The predicted octanol–water partition coefficient (Wildman–Crippen LogP) is 1.41. The van der Waals surface area contributed by atoms with Crippen molar-refractivity contribution in [1.29, 1.82) is 0 Å². The van der Waals surface area contributed by atoms with E-state index in [4.69, 9.17) is 0 Å². The zero-order valence-corrected chi connectivity index (χ0v) is 7.02. The molecular formula is C7H10N3O2. The molecule has 0 aliphatic heterocycles. The summed E-state index contributed by atoms with van der Waals surface area (Å²) in [6.07, 6.45) is 1.60. The second-order valence-corrected chi connectivity index (χ2v) is 2.84. The van der Waals surface area contributed by atoms with Gasteiger partial charge in [0.2, 0.25) is 0 Å². The lowest BCUT2D eigenvalue weighted by Gasteiger charge is -1.98. The highest BCUT2D eigenvalue weighted by molar-refractivity contribution is 5.14. The van der Waals surface area contributed by atoms with E-state index in [0.717, 1.165) is 5.92 Å². The quantitative estimate of drug-likeness (QED) is 0.506. The van der Waals surface area contributed by atoms with Gasteiger partial charge in [0.05, 0.1) is 23.9 Å². The smallest absolute Gasteiger partial charge is 0.358 e. The van der Waals surface area contributed by atoms with E-state index in [2.05, 4.69) is 5.10 Å². The van der Waals surface area contributed by atoms with Crippen molar-refractivity contribution in [2.75, 3.05) is 0 Å². The van der Waals surface area contributed by atoms with Crippen molar-refractivity contribution in [2.45, 2.75) is 20.4 Å². The van der Waals surface area contributed by atoms with E-state index in [1.54, 1.807) is 10.9 Å². The zero-order valence-electron chi connectivity index (χ0n) is 7.02. The second kappa shape index (κ2) is 3.34. The third-order valence-corrected chi connectivity index (χ3v) is 1.29. The standard InChI is InChI=1S/C7H10N3O2/c1-6(2)5-9-4-3-7(8-9)10(11)12/h3-4H,5H2,1-2H3. The van der Waals surface area contributed by atoms with E-state index in [1.165, 1.54) is 6.07 Å². The first-order valence-electron chi connectivity index (χ1n) is 3.56. The van der Waals surface area contributed by atoms with E-state index in [1.807, 2.05) is 13.8 Å². The second-order valence-electron chi connectivity index (χ2n) is 2.84. The monoisotopic (exact) mass is 168 g/mol. The van der Waals surface area contributed by atoms with Gasteiger partial charge in [0.25, 0.3) is 0 Å². The van der Waals surface area contributed by atoms with Crippen LogP contribution in [0.25, 0.3) is 0 Å². The highest BCUT2D eigenvalue weighted by atomic mass is 16.6. The van der Waals surface area contributed by atoms with Crippen molar-refractivity contribution in [1.82, 2.24) is 9.78 Å². The molecule has 0 aliphatic carbocycles. The molecule has 1 radical (unpaired) electrons. The average molecular weight is 168 g/mol. The van der Waals surface area contributed by atoms with Crippen LogP contribution in [-0.2, 0) is 6.54 Å². The van der Waals surface area contributed by atoms with Crippen LogP contribution in [0.5, 0.6) is 0 Å². The highest BCUT2D eigenvalue weighted by Crippen LogP contribution is 2.07. The van der Waals surface area contributed by atoms with Crippen LogP contribution in [-0.4, -0.2) is 14.7 Å². The summed E-state index contributed by atoms with van der Waals surface area (Å²) in [5, 5.41) is 14.0. The summed E-state index contributed by atoms with van der Waals surface area (Å²) < 4.78 is 1.55. The molecule has 1 aromatic heterocycles. The van der Waals surface area contributed by atoms with E-state index in [9.17, 15) is 10.1 Å². The minimum Gasteiger partial charge on any atom is -0.358 e. The number of nitrogens with zero attached hydrogens (tertiary/aromatic N) is 3. The minimum atomic E-state index is -0.499. The molecule has 0 fully saturated rings. The Morgan fingerprint density at radius 1 is 1.75 bits per heavy atom. The number of hydrogen-bond donors (Lipinski definition) is 0. The van der Waals surface area contributed by atoms with E-state index < -0.39 is 4.92 Å². The molecule has 0 saturated carbocycles.